The highest BCUT2D eigenvalue weighted by Crippen LogP contribution is 2.34. The molecule has 0 radical (unpaired) electrons. The molecule has 6 rings (SSSR count). The summed E-state index contributed by atoms with van der Waals surface area (Å²) in [4.78, 5) is 4.60. The summed E-state index contributed by atoms with van der Waals surface area (Å²) >= 11 is 14.1. The summed E-state index contributed by atoms with van der Waals surface area (Å²) < 4.78 is 7.51. The molecule has 6 nitrogen and oxygen atoms in total. The van der Waals surface area contributed by atoms with Crippen molar-refractivity contribution >= 4 is 35.0 Å². The third kappa shape index (κ3) is 5.09. The fraction of sp³-hybridized carbons (Fsp3) is 0.0345. The average Bonchev–Trinajstić information content (AvgIpc) is 3.60. The molecule has 6 aromatic rings. The Morgan fingerprint density at radius 3 is 2.16 bits per heavy atom. The molecular formula is C29H19Cl2N5OS. The van der Waals surface area contributed by atoms with Crippen molar-refractivity contribution in [3.05, 3.63) is 119 Å². The zero-order valence-corrected chi connectivity index (χ0v) is 22.2. The van der Waals surface area contributed by atoms with Crippen molar-refractivity contribution in [1.82, 2.24) is 24.9 Å². The Morgan fingerprint density at radius 2 is 1.42 bits per heavy atom. The van der Waals surface area contributed by atoms with Gasteiger partial charge in [-0.1, -0.05) is 113 Å². The molecule has 186 valence electrons. The van der Waals surface area contributed by atoms with E-state index in [1.807, 2.05) is 71.3 Å². The van der Waals surface area contributed by atoms with Crippen molar-refractivity contribution in [2.24, 2.45) is 0 Å². The van der Waals surface area contributed by atoms with E-state index in [9.17, 15) is 0 Å². The van der Waals surface area contributed by atoms with Gasteiger partial charge in [-0.3, -0.25) is 4.57 Å². The van der Waals surface area contributed by atoms with E-state index in [1.165, 1.54) is 11.8 Å². The second kappa shape index (κ2) is 10.8. The molecule has 0 saturated carbocycles. The number of halogens is 2. The van der Waals surface area contributed by atoms with Gasteiger partial charge in [0.05, 0.1) is 10.8 Å². The van der Waals surface area contributed by atoms with Crippen LogP contribution in [0.1, 0.15) is 5.89 Å². The van der Waals surface area contributed by atoms with E-state index in [2.05, 4.69) is 44.6 Å². The van der Waals surface area contributed by atoms with Crippen LogP contribution in [0.2, 0.25) is 10.0 Å². The zero-order valence-electron chi connectivity index (χ0n) is 19.8. The van der Waals surface area contributed by atoms with E-state index in [-0.39, 0.29) is 0 Å². The highest BCUT2D eigenvalue weighted by atomic mass is 35.5. The molecule has 0 aliphatic rings. The quantitative estimate of drug-likeness (QED) is 0.185. The number of aromatic nitrogens is 5. The van der Waals surface area contributed by atoms with Crippen molar-refractivity contribution < 1.29 is 4.52 Å². The van der Waals surface area contributed by atoms with Crippen LogP contribution in [0.4, 0.5) is 0 Å². The average molecular weight is 556 g/mol. The second-order valence-corrected chi connectivity index (χ2v) is 10.1. The molecule has 2 aromatic heterocycles. The molecule has 0 aliphatic heterocycles. The highest BCUT2D eigenvalue weighted by Gasteiger charge is 2.19. The van der Waals surface area contributed by atoms with E-state index in [0.717, 1.165) is 27.9 Å². The molecule has 38 heavy (non-hydrogen) atoms. The van der Waals surface area contributed by atoms with Gasteiger partial charge in [0.15, 0.2) is 11.0 Å². The lowest BCUT2D eigenvalue weighted by molar-refractivity contribution is 0.391. The summed E-state index contributed by atoms with van der Waals surface area (Å²) in [7, 11) is 0. The molecule has 9 heteroatoms. The SMILES string of the molecule is Clc1ccc(-c2nnc(SCc3nc(-c4ccc(-c5ccccc5)cc4)no3)n2-c2ccccc2)c(Cl)c1. The van der Waals surface area contributed by atoms with Crippen molar-refractivity contribution in [3.63, 3.8) is 0 Å². The van der Waals surface area contributed by atoms with Crippen molar-refractivity contribution in [2.75, 3.05) is 0 Å². The van der Waals surface area contributed by atoms with Crippen molar-refractivity contribution in [1.29, 1.82) is 0 Å². The topological polar surface area (TPSA) is 69.6 Å². The summed E-state index contributed by atoms with van der Waals surface area (Å²) in [6.45, 7) is 0. The highest BCUT2D eigenvalue weighted by molar-refractivity contribution is 7.98. The smallest absolute Gasteiger partial charge is 0.237 e. The maximum atomic E-state index is 6.51. The van der Waals surface area contributed by atoms with Crippen LogP contribution < -0.4 is 0 Å². The molecule has 2 heterocycles. The Kier molecular flexibility index (Phi) is 6.96. The molecule has 0 unspecified atom stereocenters. The molecule has 0 spiro atoms. The Bertz CT molecular complexity index is 1690. The fourth-order valence-corrected chi connectivity index (χ4v) is 5.30. The molecule has 0 N–H and O–H groups in total. The molecule has 0 fully saturated rings. The normalized spacial score (nSPS) is 11.1. The maximum absolute atomic E-state index is 6.51. The number of benzene rings is 4. The Hall–Kier alpha value is -3.91. The first-order chi connectivity index (χ1) is 18.7. The Labute approximate surface area is 233 Å². The van der Waals surface area contributed by atoms with Crippen LogP contribution in [0.3, 0.4) is 0 Å². The van der Waals surface area contributed by atoms with Gasteiger partial charge in [0.1, 0.15) is 0 Å². The van der Waals surface area contributed by atoms with Crippen LogP contribution in [0.25, 0.3) is 39.6 Å². The Balaban J connectivity index is 1.24. The molecule has 0 bridgehead atoms. The number of thioether (sulfide) groups is 1. The van der Waals surface area contributed by atoms with Gasteiger partial charge in [-0.25, -0.2) is 0 Å². The second-order valence-electron chi connectivity index (χ2n) is 8.35. The van der Waals surface area contributed by atoms with E-state index < -0.39 is 0 Å². The van der Waals surface area contributed by atoms with Gasteiger partial charge in [-0.15, -0.1) is 10.2 Å². The first-order valence-corrected chi connectivity index (χ1v) is 13.5. The molecule has 0 saturated heterocycles. The molecule has 4 aromatic carbocycles. The van der Waals surface area contributed by atoms with Crippen molar-refractivity contribution in [2.45, 2.75) is 10.9 Å². The number of rotatable bonds is 7. The lowest BCUT2D eigenvalue weighted by Crippen LogP contribution is -2.00. The number of para-hydroxylation sites is 1. The van der Waals surface area contributed by atoms with Gasteiger partial charge >= 0.3 is 0 Å². The van der Waals surface area contributed by atoms with Crippen molar-refractivity contribution in [3.8, 4) is 39.6 Å². The lowest BCUT2D eigenvalue weighted by Gasteiger charge is -2.11. The third-order valence-corrected chi connectivity index (χ3v) is 7.32. The first kappa shape index (κ1) is 24.4. The van der Waals surface area contributed by atoms with Gasteiger partial charge in [-0.05, 0) is 41.5 Å². The van der Waals surface area contributed by atoms with E-state index in [1.54, 1.807) is 12.1 Å². The lowest BCUT2D eigenvalue weighted by atomic mass is 10.0. The van der Waals surface area contributed by atoms with E-state index in [4.69, 9.17) is 27.7 Å². The van der Waals surface area contributed by atoms with Gasteiger partial charge in [0.25, 0.3) is 0 Å². The summed E-state index contributed by atoms with van der Waals surface area (Å²) in [5.41, 5.74) is 4.82. The largest absolute Gasteiger partial charge is 0.338 e. The zero-order chi connectivity index (χ0) is 25.9. The van der Waals surface area contributed by atoms with Gasteiger partial charge in [0, 0.05) is 21.8 Å². The van der Waals surface area contributed by atoms with Gasteiger partial charge < -0.3 is 4.52 Å². The van der Waals surface area contributed by atoms with Gasteiger partial charge in [0.2, 0.25) is 11.7 Å². The summed E-state index contributed by atoms with van der Waals surface area (Å²) in [5, 5.41) is 14.8. The maximum Gasteiger partial charge on any atom is 0.237 e. The van der Waals surface area contributed by atoms with E-state index >= 15 is 0 Å². The van der Waals surface area contributed by atoms with Crippen LogP contribution >= 0.6 is 35.0 Å². The summed E-state index contributed by atoms with van der Waals surface area (Å²) in [5.74, 6) is 2.07. The minimum atomic E-state index is 0.425. The molecule has 0 atom stereocenters. The minimum Gasteiger partial charge on any atom is -0.338 e. The number of hydrogen-bond donors (Lipinski definition) is 0. The molecule has 0 aliphatic carbocycles. The van der Waals surface area contributed by atoms with Crippen LogP contribution in [-0.2, 0) is 5.75 Å². The monoisotopic (exact) mass is 555 g/mol. The van der Waals surface area contributed by atoms with Crippen LogP contribution in [-0.4, -0.2) is 24.9 Å². The van der Waals surface area contributed by atoms with Crippen LogP contribution in [0.15, 0.2) is 113 Å². The minimum absolute atomic E-state index is 0.425. The van der Waals surface area contributed by atoms with Gasteiger partial charge in [-0.2, -0.15) is 4.98 Å². The summed E-state index contributed by atoms with van der Waals surface area (Å²) in [6.07, 6.45) is 0. The fourth-order valence-electron chi connectivity index (χ4n) is 4.02. The third-order valence-electron chi connectivity index (χ3n) is 5.86. The molecular weight excluding hydrogens is 537 g/mol. The first-order valence-electron chi connectivity index (χ1n) is 11.7. The number of hydrogen-bond acceptors (Lipinski definition) is 6. The van der Waals surface area contributed by atoms with Crippen LogP contribution in [0.5, 0.6) is 0 Å². The Morgan fingerprint density at radius 1 is 0.737 bits per heavy atom. The number of nitrogens with zero attached hydrogens (tertiary/aromatic N) is 5. The predicted octanol–water partition coefficient (Wildman–Crippen LogP) is 8.25. The standard InChI is InChI=1S/C29H19Cl2N5OS/c30-22-15-16-24(25(31)17-22)28-33-34-29(36(28)23-9-5-2-6-10-23)38-18-26-32-27(35-37-26)21-13-11-20(12-14-21)19-7-3-1-4-8-19/h1-17H,18H2. The summed E-state index contributed by atoms with van der Waals surface area (Å²) in [6, 6.07) is 33.5. The molecule has 0 amide bonds. The van der Waals surface area contributed by atoms with E-state index in [0.29, 0.717) is 38.5 Å². The van der Waals surface area contributed by atoms with Crippen LogP contribution in [0, 0.1) is 0 Å². The predicted molar refractivity (Wildman–Crippen MR) is 152 cm³/mol.